The molecule has 0 radical (unpaired) electrons. The average Bonchev–Trinajstić information content (AvgIpc) is 3.13. The number of carbonyl (C=O) groups excluding carboxylic acids is 1. The molecule has 3 rings (SSSR count). The molecule has 1 aliphatic carbocycles. The molecule has 1 aromatic carbocycles. The first-order valence-corrected chi connectivity index (χ1v) is 6.69. The first kappa shape index (κ1) is 12.1. The molecule has 1 heterocycles. The van der Waals surface area contributed by atoms with E-state index < -0.39 is 0 Å². The topological polar surface area (TPSA) is 43.3 Å². The summed E-state index contributed by atoms with van der Waals surface area (Å²) >= 11 is 0. The fourth-order valence-electron chi connectivity index (χ4n) is 2.32. The Morgan fingerprint density at radius 2 is 2.26 bits per heavy atom. The molecule has 0 atom stereocenters. The van der Waals surface area contributed by atoms with Gasteiger partial charge in [0.05, 0.1) is 12.6 Å². The Labute approximate surface area is 112 Å². The van der Waals surface area contributed by atoms with E-state index in [1.807, 2.05) is 24.4 Å². The van der Waals surface area contributed by atoms with Crippen molar-refractivity contribution >= 4 is 16.8 Å². The molecule has 0 spiro atoms. The van der Waals surface area contributed by atoms with E-state index in [4.69, 9.17) is 4.74 Å². The van der Waals surface area contributed by atoms with E-state index in [0.717, 1.165) is 29.5 Å². The van der Waals surface area contributed by atoms with Gasteiger partial charge in [-0.15, -0.1) is 0 Å². The second-order valence-corrected chi connectivity index (χ2v) is 4.99. The van der Waals surface area contributed by atoms with Gasteiger partial charge in [-0.25, -0.2) is 0 Å². The zero-order valence-corrected chi connectivity index (χ0v) is 11.1. The second-order valence-electron chi connectivity index (χ2n) is 4.99. The maximum absolute atomic E-state index is 11.7. The Hall–Kier alpha value is -1.97. The van der Waals surface area contributed by atoms with Crippen molar-refractivity contribution in [2.45, 2.75) is 31.8 Å². The summed E-state index contributed by atoms with van der Waals surface area (Å²) in [5.74, 6) is 1.02. The van der Waals surface area contributed by atoms with Gasteiger partial charge in [-0.2, -0.15) is 0 Å². The van der Waals surface area contributed by atoms with Crippen molar-refractivity contribution < 1.29 is 9.53 Å². The quantitative estimate of drug-likeness (QED) is 0.894. The minimum Gasteiger partial charge on any atom is -0.496 e. The number of ether oxygens (including phenoxy) is 1. The molecule has 0 aliphatic heterocycles. The zero-order chi connectivity index (χ0) is 13.2. The number of nitrogens with zero attached hydrogens (tertiary/aromatic N) is 1. The van der Waals surface area contributed by atoms with Gasteiger partial charge < -0.3 is 14.6 Å². The number of fused-ring (bicyclic) bond motifs is 1. The molecule has 1 fully saturated rings. The lowest BCUT2D eigenvalue weighted by Gasteiger charge is -2.07. The van der Waals surface area contributed by atoms with E-state index in [0.29, 0.717) is 19.0 Å². The summed E-state index contributed by atoms with van der Waals surface area (Å²) in [7, 11) is 1.68. The van der Waals surface area contributed by atoms with Gasteiger partial charge in [0.2, 0.25) is 5.91 Å². The molecule has 1 aliphatic rings. The van der Waals surface area contributed by atoms with Gasteiger partial charge in [-0.1, -0.05) is 6.07 Å². The number of carbonyl (C=O) groups is 1. The molecular weight excluding hydrogens is 240 g/mol. The molecule has 2 aromatic rings. The van der Waals surface area contributed by atoms with Crippen LogP contribution < -0.4 is 10.1 Å². The molecular formula is C15H18N2O2. The van der Waals surface area contributed by atoms with Crippen LogP contribution in [0.2, 0.25) is 0 Å². The second kappa shape index (κ2) is 4.96. The number of hydrogen-bond donors (Lipinski definition) is 1. The number of benzene rings is 1. The first-order valence-electron chi connectivity index (χ1n) is 6.69. The minimum absolute atomic E-state index is 0.146. The molecule has 19 heavy (non-hydrogen) atoms. The number of methoxy groups -OCH3 is 1. The van der Waals surface area contributed by atoms with Crippen LogP contribution in [0, 0.1) is 0 Å². The minimum atomic E-state index is 0.146. The van der Waals surface area contributed by atoms with Crippen LogP contribution in [0.4, 0.5) is 0 Å². The largest absolute Gasteiger partial charge is 0.496 e. The van der Waals surface area contributed by atoms with Gasteiger partial charge >= 0.3 is 0 Å². The normalized spacial score (nSPS) is 14.6. The van der Waals surface area contributed by atoms with E-state index in [-0.39, 0.29) is 5.91 Å². The summed E-state index contributed by atoms with van der Waals surface area (Å²) in [4.78, 5) is 11.7. The summed E-state index contributed by atoms with van der Waals surface area (Å²) in [6, 6.07) is 8.45. The lowest BCUT2D eigenvalue weighted by Crippen LogP contribution is -2.26. The molecule has 0 saturated heterocycles. The van der Waals surface area contributed by atoms with Crippen LogP contribution in [0.25, 0.3) is 10.9 Å². The standard InChI is InChI=1S/C15H18N2O2/c1-19-14-4-2-3-13-12(14)7-9-17(13)10-8-15(18)16-11-5-6-11/h2-4,7,9,11H,5-6,8,10H2,1H3,(H,16,18). The van der Waals surface area contributed by atoms with Gasteiger partial charge in [-0.05, 0) is 31.0 Å². The number of hydrogen-bond acceptors (Lipinski definition) is 2. The predicted octanol–water partition coefficient (Wildman–Crippen LogP) is 2.32. The van der Waals surface area contributed by atoms with Crippen LogP contribution in [-0.2, 0) is 11.3 Å². The fourth-order valence-corrected chi connectivity index (χ4v) is 2.32. The highest BCUT2D eigenvalue weighted by atomic mass is 16.5. The Bertz CT molecular complexity index is 599. The lowest BCUT2D eigenvalue weighted by atomic mass is 10.2. The van der Waals surface area contributed by atoms with Crippen molar-refractivity contribution in [2.24, 2.45) is 0 Å². The molecule has 0 bridgehead atoms. The Morgan fingerprint density at radius 1 is 1.42 bits per heavy atom. The molecule has 1 N–H and O–H groups in total. The van der Waals surface area contributed by atoms with E-state index in [9.17, 15) is 4.79 Å². The number of aryl methyl sites for hydroxylation is 1. The van der Waals surface area contributed by atoms with Crippen molar-refractivity contribution in [3.63, 3.8) is 0 Å². The van der Waals surface area contributed by atoms with Gasteiger partial charge in [0.25, 0.3) is 0 Å². The monoisotopic (exact) mass is 258 g/mol. The van der Waals surface area contributed by atoms with E-state index in [1.54, 1.807) is 7.11 Å². The van der Waals surface area contributed by atoms with Crippen LogP contribution in [-0.4, -0.2) is 23.6 Å². The maximum Gasteiger partial charge on any atom is 0.222 e. The molecule has 4 nitrogen and oxygen atoms in total. The summed E-state index contributed by atoms with van der Waals surface area (Å²) in [6.07, 6.45) is 4.81. The van der Waals surface area contributed by atoms with Crippen molar-refractivity contribution in [3.8, 4) is 5.75 Å². The van der Waals surface area contributed by atoms with Crippen molar-refractivity contribution in [1.29, 1.82) is 0 Å². The Kier molecular flexibility index (Phi) is 3.15. The highest BCUT2D eigenvalue weighted by Gasteiger charge is 2.22. The van der Waals surface area contributed by atoms with Gasteiger partial charge in [-0.3, -0.25) is 4.79 Å². The SMILES string of the molecule is COc1cccc2c1ccn2CCC(=O)NC1CC1. The number of nitrogens with one attached hydrogen (secondary N) is 1. The third-order valence-electron chi connectivity index (χ3n) is 3.52. The van der Waals surface area contributed by atoms with Crippen LogP contribution in [0.15, 0.2) is 30.5 Å². The van der Waals surface area contributed by atoms with Gasteiger partial charge in [0.1, 0.15) is 5.75 Å². The molecule has 100 valence electrons. The van der Waals surface area contributed by atoms with Gasteiger partial charge in [0.15, 0.2) is 0 Å². The number of rotatable bonds is 5. The predicted molar refractivity (Wildman–Crippen MR) is 74.3 cm³/mol. The van der Waals surface area contributed by atoms with Crippen molar-refractivity contribution in [2.75, 3.05) is 7.11 Å². The van der Waals surface area contributed by atoms with E-state index in [1.165, 1.54) is 0 Å². The third kappa shape index (κ3) is 2.57. The number of amides is 1. The van der Waals surface area contributed by atoms with E-state index in [2.05, 4.69) is 16.0 Å². The zero-order valence-electron chi connectivity index (χ0n) is 11.1. The third-order valence-corrected chi connectivity index (χ3v) is 3.52. The highest BCUT2D eigenvalue weighted by Crippen LogP contribution is 2.26. The van der Waals surface area contributed by atoms with Crippen LogP contribution in [0.3, 0.4) is 0 Å². The summed E-state index contributed by atoms with van der Waals surface area (Å²) in [5.41, 5.74) is 1.11. The summed E-state index contributed by atoms with van der Waals surface area (Å²) in [5, 5.41) is 4.10. The lowest BCUT2D eigenvalue weighted by molar-refractivity contribution is -0.121. The smallest absolute Gasteiger partial charge is 0.222 e. The summed E-state index contributed by atoms with van der Waals surface area (Å²) < 4.78 is 7.44. The van der Waals surface area contributed by atoms with Gasteiger partial charge in [0, 0.05) is 30.6 Å². The van der Waals surface area contributed by atoms with Crippen LogP contribution >= 0.6 is 0 Å². The van der Waals surface area contributed by atoms with E-state index >= 15 is 0 Å². The summed E-state index contributed by atoms with van der Waals surface area (Å²) in [6.45, 7) is 0.704. The molecule has 1 aromatic heterocycles. The van der Waals surface area contributed by atoms with Crippen LogP contribution in [0.1, 0.15) is 19.3 Å². The molecule has 1 amide bonds. The molecule has 1 saturated carbocycles. The Balaban J connectivity index is 1.72. The van der Waals surface area contributed by atoms with Crippen molar-refractivity contribution in [3.05, 3.63) is 30.5 Å². The fraction of sp³-hybridized carbons (Fsp3) is 0.400. The average molecular weight is 258 g/mol. The molecule has 4 heteroatoms. The van der Waals surface area contributed by atoms with Crippen molar-refractivity contribution in [1.82, 2.24) is 9.88 Å². The highest BCUT2D eigenvalue weighted by molar-refractivity contribution is 5.86. The first-order chi connectivity index (χ1) is 9.28. The molecule has 0 unspecified atom stereocenters. The number of aromatic nitrogens is 1. The maximum atomic E-state index is 11.7. The Morgan fingerprint density at radius 3 is 3.00 bits per heavy atom. The van der Waals surface area contributed by atoms with Crippen LogP contribution in [0.5, 0.6) is 5.75 Å².